The van der Waals surface area contributed by atoms with Crippen molar-refractivity contribution in [2.75, 3.05) is 13.2 Å². The molecule has 0 fully saturated rings. The molecule has 0 spiro atoms. The number of hydrogen-bond acceptors (Lipinski definition) is 2. The molecule has 0 radical (unpaired) electrons. The van der Waals surface area contributed by atoms with Crippen LogP contribution in [0.1, 0.15) is 30.5 Å². The summed E-state index contributed by atoms with van der Waals surface area (Å²) in [5, 5.41) is 1.37. The number of hydrogen-bond donors (Lipinski definition) is 0. The lowest BCUT2D eigenvalue weighted by Gasteiger charge is -2.28. The Balaban J connectivity index is 2.45. The van der Waals surface area contributed by atoms with E-state index in [1.165, 1.54) is 21.9 Å². The lowest BCUT2D eigenvalue weighted by atomic mass is 9.91. The summed E-state index contributed by atoms with van der Waals surface area (Å²) in [5.41, 5.74) is 3.70. The Morgan fingerprint density at radius 3 is 2.44 bits per heavy atom. The molecule has 3 heteroatoms. The third kappa shape index (κ3) is 1.55. The highest BCUT2D eigenvalue weighted by atomic mass is 28.1. The zero-order chi connectivity index (χ0) is 11.7. The van der Waals surface area contributed by atoms with Gasteiger partial charge in [-0.15, -0.1) is 0 Å². The molecule has 86 valence electrons. The van der Waals surface area contributed by atoms with Crippen molar-refractivity contribution in [1.29, 1.82) is 0 Å². The zero-order valence-electron chi connectivity index (χ0n) is 10.4. The molecule has 16 heavy (non-hydrogen) atoms. The van der Waals surface area contributed by atoms with Gasteiger partial charge in [-0.3, -0.25) is 0 Å². The number of aryl methyl sites for hydroxylation is 1. The quantitative estimate of drug-likeness (QED) is 0.741. The maximum Gasteiger partial charge on any atom is 0.133 e. The summed E-state index contributed by atoms with van der Waals surface area (Å²) in [6, 6.07) is 4.31. The van der Waals surface area contributed by atoms with E-state index in [4.69, 9.17) is 9.47 Å². The molecule has 0 heterocycles. The molecule has 2 rings (SSSR count). The van der Waals surface area contributed by atoms with Gasteiger partial charge in [0.2, 0.25) is 0 Å². The molecule has 1 aromatic rings. The van der Waals surface area contributed by atoms with E-state index in [-0.39, 0.29) is 0 Å². The van der Waals surface area contributed by atoms with E-state index in [2.05, 4.69) is 19.1 Å². The number of ether oxygens (including phenoxy) is 2. The molecule has 0 aliphatic heterocycles. The molecular weight excluding hydrogens is 216 g/mol. The largest absolute Gasteiger partial charge is 0.493 e. The molecule has 0 saturated carbocycles. The van der Waals surface area contributed by atoms with Gasteiger partial charge in [-0.1, -0.05) is 12.1 Å². The van der Waals surface area contributed by atoms with Crippen LogP contribution in [0, 0.1) is 6.92 Å². The Bertz CT molecular complexity index is 449. The minimum Gasteiger partial charge on any atom is -0.493 e. The van der Waals surface area contributed by atoms with Crippen molar-refractivity contribution < 1.29 is 9.47 Å². The highest BCUT2D eigenvalue weighted by Gasteiger charge is 2.28. The summed E-state index contributed by atoms with van der Waals surface area (Å²) in [6.07, 6.45) is 0. The molecule has 1 aliphatic rings. The van der Waals surface area contributed by atoms with Crippen LogP contribution in [0.4, 0.5) is 0 Å². The van der Waals surface area contributed by atoms with Gasteiger partial charge in [0, 0.05) is 10.2 Å². The first-order valence-corrected chi connectivity index (χ1v) is 6.81. The maximum absolute atomic E-state index is 5.73. The fourth-order valence-electron chi connectivity index (χ4n) is 2.13. The van der Waals surface area contributed by atoms with Gasteiger partial charge < -0.3 is 9.47 Å². The molecule has 0 amide bonds. The Kier molecular flexibility index (Phi) is 3.05. The van der Waals surface area contributed by atoms with Crippen LogP contribution >= 0.6 is 0 Å². The third-order valence-corrected chi connectivity index (χ3v) is 3.90. The van der Waals surface area contributed by atoms with Crippen molar-refractivity contribution in [2.45, 2.75) is 20.8 Å². The van der Waals surface area contributed by atoms with Crippen LogP contribution in [0.15, 0.2) is 12.1 Å². The standard InChI is InChI=1S/C13H18O2Si/c1-4-14-11-8(3)6-7-9-10(11)12(13(9)16)15-5-2/h6-7H,4-5H2,1-3,16H3. The summed E-state index contributed by atoms with van der Waals surface area (Å²) in [7, 11) is 1.03. The lowest BCUT2D eigenvalue weighted by molar-refractivity contribution is 0.290. The van der Waals surface area contributed by atoms with Gasteiger partial charge in [0.15, 0.2) is 0 Å². The summed E-state index contributed by atoms with van der Waals surface area (Å²) >= 11 is 0. The number of rotatable bonds is 4. The summed E-state index contributed by atoms with van der Waals surface area (Å²) in [5.74, 6) is 2.07. The molecule has 0 bridgehead atoms. The summed E-state index contributed by atoms with van der Waals surface area (Å²) < 4.78 is 11.4. The van der Waals surface area contributed by atoms with Crippen LogP contribution in [0.5, 0.6) is 5.75 Å². The minimum absolute atomic E-state index is 0.702. The van der Waals surface area contributed by atoms with Gasteiger partial charge in [-0.25, -0.2) is 0 Å². The minimum atomic E-state index is 0.702. The molecule has 1 aliphatic carbocycles. The molecule has 0 unspecified atom stereocenters. The van der Waals surface area contributed by atoms with Crippen molar-refractivity contribution in [3.05, 3.63) is 28.8 Å². The molecule has 1 aromatic carbocycles. The van der Waals surface area contributed by atoms with E-state index in [1.807, 2.05) is 13.8 Å². The highest BCUT2D eigenvalue weighted by Crippen LogP contribution is 2.46. The highest BCUT2D eigenvalue weighted by molar-refractivity contribution is 6.50. The molecule has 0 saturated heterocycles. The Hall–Kier alpha value is -1.22. The predicted octanol–water partition coefficient (Wildman–Crippen LogP) is 1.93. The van der Waals surface area contributed by atoms with Crippen LogP contribution in [-0.4, -0.2) is 23.5 Å². The van der Waals surface area contributed by atoms with Crippen molar-refractivity contribution >= 4 is 21.2 Å². The second-order valence-electron chi connectivity index (χ2n) is 3.95. The summed E-state index contributed by atoms with van der Waals surface area (Å²) in [6.45, 7) is 7.55. The van der Waals surface area contributed by atoms with Gasteiger partial charge in [0.25, 0.3) is 0 Å². The van der Waals surface area contributed by atoms with Gasteiger partial charge in [-0.2, -0.15) is 0 Å². The van der Waals surface area contributed by atoms with Gasteiger partial charge in [0.1, 0.15) is 11.5 Å². The van der Waals surface area contributed by atoms with Crippen LogP contribution in [0.3, 0.4) is 0 Å². The van der Waals surface area contributed by atoms with E-state index in [0.29, 0.717) is 6.61 Å². The fourth-order valence-corrected chi connectivity index (χ4v) is 2.94. The van der Waals surface area contributed by atoms with Gasteiger partial charge in [-0.05, 0) is 37.1 Å². The van der Waals surface area contributed by atoms with Crippen LogP contribution < -0.4 is 4.74 Å². The van der Waals surface area contributed by atoms with E-state index in [0.717, 1.165) is 28.4 Å². The average Bonchev–Trinajstić information content (AvgIpc) is 2.28. The van der Waals surface area contributed by atoms with E-state index in [9.17, 15) is 0 Å². The third-order valence-electron chi connectivity index (χ3n) is 2.90. The van der Waals surface area contributed by atoms with Crippen molar-refractivity contribution in [3.8, 4) is 5.75 Å². The predicted molar refractivity (Wildman–Crippen MR) is 70.7 cm³/mol. The molecule has 0 N–H and O–H groups in total. The second kappa shape index (κ2) is 4.34. The topological polar surface area (TPSA) is 18.5 Å². The van der Waals surface area contributed by atoms with Crippen LogP contribution in [-0.2, 0) is 4.74 Å². The van der Waals surface area contributed by atoms with E-state index < -0.39 is 0 Å². The smallest absolute Gasteiger partial charge is 0.133 e. The monoisotopic (exact) mass is 234 g/mol. The van der Waals surface area contributed by atoms with E-state index in [1.54, 1.807) is 0 Å². The zero-order valence-corrected chi connectivity index (χ0v) is 12.4. The fraction of sp³-hybridized carbons (Fsp3) is 0.385. The van der Waals surface area contributed by atoms with Crippen LogP contribution in [0.2, 0.25) is 0 Å². The van der Waals surface area contributed by atoms with Crippen molar-refractivity contribution in [1.82, 2.24) is 0 Å². The number of fused-ring (bicyclic) bond motifs is 1. The average molecular weight is 234 g/mol. The summed E-state index contributed by atoms with van der Waals surface area (Å²) in [4.78, 5) is 0. The molecular formula is C13H18O2Si. The first-order valence-electron chi connectivity index (χ1n) is 5.81. The normalized spacial score (nSPS) is 13.4. The Labute approximate surface area is 99.7 Å². The maximum atomic E-state index is 5.73. The first kappa shape index (κ1) is 11.3. The number of benzene rings is 1. The SMILES string of the molecule is CCOC1=C([SiH3])c2ccc(C)c(OCC)c21. The Morgan fingerprint density at radius 2 is 1.81 bits per heavy atom. The molecule has 0 atom stereocenters. The van der Waals surface area contributed by atoms with Gasteiger partial charge >= 0.3 is 0 Å². The van der Waals surface area contributed by atoms with E-state index >= 15 is 0 Å². The molecule has 2 nitrogen and oxygen atoms in total. The second-order valence-corrected chi connectivity index (χ2v) is 4.95. The van der Waals surface area contributed by atoms with Gasteiger partial charge in [0.05, 0.1) is 18.8 Å². The Morgan fingerprint density at radius 1 is 1.12 bits per heavy atom. The van der Waals surface area contributed by atoms with Crippen molar-refractivity contribution in [3.63, 3.8) is 0 Å². The lowest BCUT2D eigenvalue weighted by Crippen LogP contribution is -2.13. The van der Waals surface area contributed by atoms with Crippen LogP contribution in [0.25, 0.3) is 11.0 Å². The molecule has 0 aromatic heterocycles. The first-order chi connectivity index (χ1) is 7.70. The van der Waals surface area contributed by atoms with Crippen molar-refractivity contribution in [2.24, 2.45) is 0 Å².